The molecule has 0 saturated carbocycles. The number of benzene rings is 2. The lowest BCUT2D eigenvalue weighted by Crippen LogP contribution is -1.93. The Balaban J connectivity index is 1.94. The van der Waals surface area contributed by atoms with E-state index in [1.165, 1.54) is 0 Å². The molecule has 0 bridgehead atoms. The van der Waals surface area contributed by atoms with E-state index in [9.17, 15) is 0 Å². The first-order valence-electron chi connectivity index (χ1n) is 7.96. The van der Waals surface area contributed by atoms with Crippen LogP contribution in [-0.2, 0) is 0 Å². The minimum atomic E-state index is 0.619. The van der Waals surface area contributed by atoms with E-state index in [4.69, 9.17) is 11.6 Å². The largest absolute Gasteiger partial charge is 0.299 e. The number of rotatable bonds is 1. The van der Waals surface area contributed by atoms with Gasteiger partial charge in [-0.3, -0.25) is 4.57 Å². The van der Waals surface area contributed by atoms with E-state index >= 15 is 0 Å². The first kappa shape index (κ1) is 15.5. The highest BCUT2D eigenvalue weighted by molar-refractivity contribution is 6.31. The van der Waals surface area contributed by atoms with Crippen molar-refractivity contribution in [2.45, 2.75) is 6.92 Å². The van der Waals surface area contributed by atoms with Crippen LogP contribution in [0.25, 0.3) is 27.6 Å². The van der Waals surface area contributed by atoms with Gasteiger partial charge in [0.25, 0.3) is 0 Å². The van der Waals surface area contributed by atoms with Crippen LogP contribution in [0.1, 0.15) is 18.1 Å². The predicted octanol–water partition coefficient (Wildman–Crippen LogP) is 5.73. The van der Waals surface area contributed by atoms with Crippen molar-refractivity contribution in [1.82, 2.24) is 9.55 Å². The molecular weight excluding hydrogens is 328 g/mol. The summed E-state index contributed by atoms with van der Waals surface area (Å²) in [7, 11) is 0. The highest BCUT2D eigenvalue weighted by atomic mass is 35.5. The van der Waals surface area contributed by atoms with E-state index in [-0.39, 0.29) is 0 Å². The normalized spacial score (nSPS) is 10.6. The van der Waals surface area contributed by atoms with Crippen LogP contribution in [-0.4, -0.2) is 9.55 Å². The maximum atomic E-state index is 6.17. The van der Waals surface area contributed by atoms with E-state index in [0.717, 1.165) is 38.8 Å². The van der Waals surface area contributed by atoms with Crippen molar-refractivity contribution in [1.29, 1.82) is 0 Å². The van der Waals surface area contributed by atoms with Crippen molar-refractivity contribution in [3.05, 3.63) is 83.5 Å². The zero-order chi connectivity index (χ0) is 17.4. The van der Waals surface area contributed by atoms with Gasteiger partial charge >= 0.3 is 0 Å². The molecule has 0 unspecified atom stereocenters. The minimum absolute atomic E-state index is 0.619. The van der Waals surface area contributed by atoms with Gasteiger partial charge in [0.05, 0.1) is 10.5 Å². The molecule has 0 radical (unpaired) electrons. The summed E-state index contributed by atoms with van der Waals surface area (Å²) in [6.07, 6.45) is 1.67. The molecule has 2 aromatic carbocycles. The van der Waals surface area contributed by atoms with Crippen LogP contribution in [0.3, 0.4) is 0 Å². The fourth-order valence-electron chi connectivity index (χ4n) is 3.00. The van der Waals surface area contributed by atoms with E-state index in [1.54, 1.807) is 6.20 Å². The third kappa shape index (κ3) is 2.80. The number of hydrogen-bond donors (Lipinski definition) is 0. The van der Waals surface area contributed by atoms with Crippen LogP contribution in [0.15, 0.2) is 67.4 Å². The highest BCUT2D eigenvalue weighted by Gasteiger charge is 2.13. The van der Waals surface area contributed by atoms with Gasteiger partial charge in [-0.1, -0.05) is 48.2 Å². The molecule has 4 rings (SSSR count). The third-order valence-corrected chi connectivity index (χ3v) is 4.29. The Hall–Kier alpha value is -3.02. The van der Waals surface area contributed by atoms with E-state index in [0.29, 0.717) is 5.02 Å². The Morgan fingerprint density at radius 1 is 1.00 bits per heavy atom. The van der Waals surface area contributed by atoms with E-state index in [1.807, 2.05) is 49.4 Å². The second-order valence-electron chi connectivity index (χ2n) is 5.94. The standard InChI is InChI=1S/C22H15ClN2/c1-15(2)25-21-11-10-17(9-8-16-6-4-3-5-7-16)12-19(21)20-13-18(23)14-24-22(20)25/h3-7,10-14H,1H2,2H3. The monoisotopic (exact) mass is 342 g/mol. The van der Waals surface area contributed by atoms with Gasteiger partial charge in [-0.25, -0.2) is 4.98 Å². The molecule has 0 N–H and O–H groups in total. The Morgan fingerprint density at radius 3 is 2.52 bits per heavy atom. The zero-order valence-corrected chi connectivity index (χ0v) is 14.5. The smallest absolute Gasteiger partial charge is 0.145 e. The van der Waals surface area contributed by atoms with Crippen molar-refractivity contribution in [2.24, 2.45) is 0 Å². The molecule has 25 heavy (non-hydrogen) atoms. The van der Waals surface area contributed by atoms with Gasteiger partial charge in [-0.05, 0) is 43.3 Å². The van der Waals surface area contributed by atoms with Gasteiger partial charge in [0.1, 0.15) is 5.65 Å². The van der Waals surface area contributed by atoms with Crippen LogP contribution < -0.4 is 0 Å². The molecular formula is C22H15ClN2. The molecule has 0 saturated heterocycles. The second-order valence-corrected chi connectivity index (χ2v) is 6.38. The molecule has 2 heterocycles. The van der Waals surface area contributed by atoms with Crippen molar-refractivity contribution >= 4 is 39.2 Å². The fourth-order valence-corrected chi connectivity index (χ4v) is 3.16. The molecule has 120 valence electrons. The molecule has 0 aliphatic carbocycles. The van der Waals surface area contributed by atoms with Crippen LogP contribution in [0, 0.1) is 11.8 Å². The van der Waals surface area contributed by atoms with Gasteiger partial charge in [0.15, 0.2) is 0 Å². The summed E-state index contributed by atoms with van der Waals surface area (Å²) in [6.45, 7) is 6.05. The topological polar surface area (TPSA) is 17.8 Å². The Kier molecular flexibility index (Phi) is 3.80. The Morgan fingerprint density at radius 2 is 1.76 bits per heavy atom. The van der Waals surface area contributed by atoms with Crippen LogP contribution in [0.4, 0.5) is 0 Å². The van der Waals surface area contributed by atoms with Crippen molar-refractivity contribution < 1.29 is 0 Å². The summed E-state index contributed by atoms with van der Waals surface area (Å²) >= 11 is 6.17. The lowest BCUT2D eigenvalue weighted by molar-refractivity contribution is 1.16. The number of pyridine rings is 1. The van der Waals surface area contributed by atoms with Crippen molar-refractivity contribution in [3.8, 4) is 11.8 Å². The molecule has 0 aliphatic rings. The van der Waals surface area contributed by atoms with Gasteiger partial charge in [0, 0.05) is 33.8 Å². The highest BCUT2D eigenvalue weighted by Crippen LogP contribution is 2.32. The molecule has 0 aliphatic heterocycles. The van der Waals surface area contributed by atoms with Crippen LogP contribution >= 0.6 is 11.6 Å². The number of aromatic nitrogens is 2. The lowest BCUT2D eigenvalue weighted by atomic mass is 10.1. The molecule has 2 nitrogen and oxygen atoms in total. The first-order valence-corrected chi connectivity index (χ1v) is 8.34. The predicted molar refractivity (Wildman–Crippen MR) is 106 cm³/mol. The number of nitrogens with zero attached hydrogens (tertiary/aromatic N) is 2. The average molecular weight is 343 g/mol. The van der Waals surface area contributed by atoms with E-state index < -0.39 is 0 Å². The van der Waals surface area contributed by atoms with Gasteiger partial charge in [-0.2, -0.15) is 0 Å². The summed E-state index contributed by atoms with van der Waals surface area (Å²) in [5.41, 5.74) is 4.79. The Labute approximate surface area is 151 Å². The van der Waals surface area contributed by atoms with Crippen LogP contribution in [0.2, 0.25) is 5.02 Å². The lowest BCUT2D eigenvalue weighted by Gasteiger charge is -2.04. The number of hydrogen-bond acceptors (Lipinski definition) is 1. The summed E-state index contributed by atoms with van der Waals surface area (Å²) in [4.78, 5) is 4.50. The third-order valence-electron chi connectivity index (χ3n) is 4.08. The van der Waals surface area contributed by atoms with Gasteiger partial charge in [-0.15, -0.1) is 0 Å². The summed E-state index contributed by atoms with van der Waals surface area (Å²) in [5.74, 6) is 6.43. The number of allylic oxidation sites excluding steroid dienone is 1. The molecule has 2 aromatic heterocycles. The molecule has 4 aromatic rings. The van der Waals surface area contributed by atoms with Crippen molar-refractivity contribution in [3.63, 3.8) is 0 Å². The SMILES string of the molecule is C=C(C)n1c2ccc(C#Cc3ccccc3)cc2c2cc(Cl)cnc21. The van der Waals surface area contributed by atoms with Gasteiger partial charge < -0.3 is 0 Å². The number of fused-ring (bicyclic) bond motifs is 3. The molecule has 0 fully saturated rings. The Bertz CT molecular complexity index is 1170. The van der Waals surface area contributed by atoms with Gasteiger partial charge in [0.2, 0.25) is 0 Å². The van der Waals surface area contributed by atoms with Crippen molar-refractivity contribution in [2.75, 3.05) is 0 Å². The average Bonchev–Trinajstić information content (AvgIpc) is 2.94. The maximum absolute atomic E-state index is 6.17. The maximum Gasteiger partial charge on any atom is 0.145 e. The molecule has 0 amide bonds. The summed E-state index contributed by atoms with van der Waals surface area (Å²) in [6, 6.07) is 18.1. The number of halogens is 1. The summed E-state index contributed by atoms with van der Waals surface area (Å²) < 4.78 is 2.05. The van der Waals surface area contributed by atoms with Crippen LogP contribution in [0.5, 0.6) is 0 Å². The quantitative estimate of drug-likeness (QED) is 0.404. The second kappa shape index (κ2) is 6.12. The minimum Gasteiger partial charge on any atom is -0.299 e. The first-order chi connectivity index (χ1) is 12.1. The molecule has 0 atom stereocenters. The summed E-state index contributed by atoms with van der Waals surface area (Å²) in [5, 5.41) is 2.70. The zero-order valence-electron chi connectivity index (χ0n) is 13.8. The molecule has 0 spiro atoms. The fraction of sp³-hybridized carbons (Fsp3) is 0.0455. The molecule has 3 heteroatoms. The van der Waals surface area contributed by atoms with E-state index in [2.05, 4.69) is 40.1 Å².